The van der Waals surface area contributed by atoms with Gasteiger partial charge in [-0.3, -0.25) is 10.1 Å². The Bertz CT molecular complexity index is 732. The summed E-state index contributed by atoms with van der Waals surface area (Å²) in [5.74, 6) is 1.15. The van der Waals surface area contributed by atoms with E-state index in [-0.39, 0.29) is 5.91 Å². The van der Waals surface area contributed by atoms with E-state index in [1.54, 1.807) is 25.3 Å². The molecule has 1 fully saturated rings. The van der Waals surface area contributed by atoms with Gasteiger partial charge in [0.25, 0.3) is 0 Å². The average molecular weight is 359 g/mol. The van der Waals surface area contributed by atoms with Crippen molar-refractivity contribution in [3.63, 3.8) is 0 Å². The van der Waals surface area contributed by atoms with Crippen molar-refractivity contribution >= 4 is 23.2 Å². The standard InChI is InChI=1S/C20H23ClN2O2/c1-13(14-8-9-14)22-19(15-6-4-3-5-7-15)20(24)23-16-10-11-18(25-2)17(21)12-16/h3-7,10-14,19,22H,8-9H2,1-2H3,(H,23,24). The molecule has 3 rings (SSSR count). The van der Waals surface area contributed by atoms with Crippen molar-refractivity contribution in [1.82, 2.24) is 5.32 Å². The van der Waals surface area contributed by atoms with Crippen molar-refractivity contribution in [3.05, 3.63) is 59.1 Å². The second-order valence-corrected chi connectivity index (χ2v) is 6.88. The first-order chi connectivity index (χ1) is 12.1. The zero-order valence-electron chi connectivity index (χ0n) is 14.5. The number of hydrogen-bond acceptors (Lipinski definition) is 3. The fraction of sp³-hybridized carbons (Fsp3) is 0.350. The molecule has 0 aliphatic heterocycles. The van der Waals surface area contributed by atoms with E-state index < -0.39 is 6.04 Å². The smallest absolute Gasteiger partial charge is 0.246 e. The molecule has 5 heteroatoms. The predicted molar refractivity (Wildman–Crippen MR) is 101 cm³/mol. The molecular weight excluding hydrogens is 336 g/mol. The van der Waals surface area contributed by atoms with Crippen LogP contribution in [0.25, 0.3) is 0 Å². The van der Waals surface area contributed by atoms with E-state index in [2.05, 4.69) is 17.6 Å². The van der Waals surface area contributed by atoms with Crippen LogP contribution in [0.5, 0.6) is 5.75 Å². The lowest BCUT2D eigenvalue weighted by Crippen LogP contribution is -2.39. The molecule has 1 aliphatic carbocycles. The Morgan fingerprint density at radius 2 is 1.92 bits per heavy atom. The van der Waals surface area contributed by atoms with Crippen LogP contribution in [0.4, 0.5) is 5.69 Å². The molecule has 0 spiro atoms. The summed E-state index contributed by atoms with van der Waals surface area (Å²) in [5, 5.41) is 6.91. The van der Waals surface area contributed by atoms with Gasteiger partial charge < -0.3 is 10.1 Å². The molecule has 2 N–H and O–H groups in total. The Kier molecular flexibility index (Phi) is 5.61. The average Bonchev–Trinajstić information content (AvgIpc) is 3.45. The number of anilines is 1. The predicted octanol–water partition coefficient (Wildman–Crippen LogP) is 4.42. The van der Waals surface area contributed by atoms with Gasteiger partial charge >= 0.3 is 0 Å². The maximum absolute atomic E-state index is 12.9. The monoisotopic (exact) mass is 358 g/mol. The molecule has 2 atom stereocenters. The highest BCUT2D eigenvalue weighted by Gasteiger charge is 2.31. The highest BCUT2D eigenvalue weighted by Crippen LogP contribution is 2.34. The van der Waals surface area contributed by atoms with Crippen LogP contribution in [0.2, 0.25) is 5.02 Å². The van der Waals surface area contributed by atoms with Crippen LogP contribution in [-0.4, -0.2) is 19.1 Å². The Labute approximate surface area is 153 Å². The highest BCUT2D eigenvalue weighted by atomic mass is 35.5. The highest BCUT2D eigenvalue weighted by molar-refractivity contribution is 6.32. The molecule has 0 radical (unpaired) electrons. The summed E-state index contributed by atoms with van der Waals surface area (Å²) in [6.45, 7) is 2.14. The van der Waals surface area contributed by atoms with E-state index in [0.29, 0.717) is 28.4 Å². The number of benzene rings is 2. The van der Waals surface area contributed by atoms with Crippen LogP contribution in [-0.2, 0) is 4.79 Å². The lowest BCUT2D eigenvalue weighted by Gasteiger charge is -2.23. The van der Waals surface area contributed by atoms with Gasteiger partial charge in [-0.05, 0) is 49.4 Å². The summed E-state index contributed by atoms with van der Waals surface area (Å²) < 4.78 is 5.15. The Morgan fingerprint density at radius 1 is 1.20 bits per heavy atom. The number of amides is 1. The number of carbonyl (C=O) groups excluding carboxylic acids is 1. The molecule has 4 nitrogen and oxygen atoms in total. The fourth-order valence-electron chi connectivity index (χ4n) is 2.92. The van der Waals surface area contributed by atoms with Gasteiger partial charge in [0.1, 0.15) is 11.8 Å². The molecule has 2 aromatic carbocycles. The van der Waals surface area contributed by atoms with Gasteiger partial charge in [-0.2, -0.15) is 0 Å². The van der Waals surface area contributed by atoms with Crippen molar-refractivity contribution < 1.29 is 9.53 Å². The third kappa shape index (κ3) is 4.53. The van der Waals surface area contributed by atoms with Crippen molar-refractivity contribution in [2.45, 2.75) is 31.8 Å². The zero-order valence-corrected chi connectivity index (χ0v) is 15.2. The summed E-state index contributed by atoms with van der Waals surface area (Å²) >= 11 is 6.15. The van der Waals surface area contributed by atoms with Gasteiger partial charge in [-0.1, -0.05) is 41.9 Å². The van der Waals surface area contributed by atoms with Crippen molar-refractivity contribution in [2.24, 2.45) is 5.92 Å². The van der Waals surface area contributed by atoms with E-state index in [1.807, 2.05) is 30.3 Å². The lowest BCUT2D eigenvalue weighted by molar-refractivity contribution is -0.118. The molecule has 25 heavy (non-hydrogen) atoms. The summed E-state index contributed by atoms with van der Waals surface area (Å²) in [6, 6.07) is 14.9. The largest absolute Gasteiger partial charge is 0.495 e. The summed E-state index contributed by atoms with van der Waals surface area (Å²) in [4.78, 5) is 12.9. The molecule has 2 aromatic rings. The number of rotatable bonds is 7. The maximum Gasteiger partial charge on any atom is 0.246 e. The molecule has 0 saturated heterocycles. The quantitative estimate of drug-likeness (QED) is 0.770. The number of methoxy groups -OCH3 is 1. The molecule has 1 aliphatic rings. The molecular formula is C20H23ClN2O2. The van der Waals surface area contributed by atoms with E-state index in [9.17, 15) is 4.79 Å². The van der Waals surface area contributed by atoms with Gasteiger partial charge in [-0.25, -0.2) is 0 Å². The van der Waals surface area contributed by atoms with E-state index >= 15 is 0 Å². The third-order valence-corrected chi connectivity index (χ3v) is 4.87. The van der Waals surface area contributed by atoms with Crippen LogP contribution >= 0.6 is 11.6 Å². The number of halogens is 1. The van der Waals surface area contributed by atoms with Gasteiger partial charge in [-0.15, -0.1) is 0 Å². The summed E-state index contributed by atoms with van der Waals surface area (Å²) in [6.07, 6.45) is 2.46. The number of nitrogens with one attached hydrogen (secondary N) is 2. The minimum atomic E-state index is -0.405. The second-order valence-electron chi connectivity index (χ2n) is 6.48. The van der Waals surface area contributed by atoms with Crippen molar-refractivity contribution in [2.75, 3.05) is 12.4 Å². The molecule has 132 valence electrons. The van der Waals surface area contributed by atoms with Gasteiger partial charge in [0.15, 0.2) is 0 Å². The first kappa shape index (κ1) is 17.8. The van der Waals surface area contributed by atoms with E-state index in [1.165, 1.54) is 12.8 Å². The second kappa shape index (κ2) is 7.89. The number of ether oxygens (including phenoxy) is 1. The minimum absolute atomic E-state index is 0.0973. The summed E-state index contributed by atoms with van der Waals surface area (Å²) in [7, 11) is 1.56. The molecule has 1 saturated carbocycles. The SMILES string of the molecule is COc1ccc(NC(=O)C(NC(C)C2CC2)c2ccccc2)cc1Cl. The molecule has 2 unspecified atom stereocenters. The van der Waals surface area contributed by atoms with Crippen molar-refractivity contribution in [3.8, 4) is 5.75 Å². The van der Waals surface area contributed by atoms with Crippen LogP contribution in [0.3, 0.4) is 0 Å². The Morgan fingerprint density at radius 3 is 2.52 bits per heavy atom. The van der Waals surface area contributed by atoms with Crippen LogP contribution < -0.4 is 15.4 Å². The lowest BCUT2D eigenvalue weighted by atomic mass is 10.0. The van der Waals surface area contributed by atoms with Crippen molar-refractivity contribution in [1.29, 1.82) is 0 Å². The Hall–Kier alpha value is -2.04. The first-order valence-electron chi connectivity index (χ1n) is 8.54. The van der Waals surface area contributed by atoms with Crippen LogP contribution in [0.15, 0.2) is 48.5 Å². The first-order valence-corrected chi connectivity index (χ1v) is 8.91. The molecule has 0 heterocycles. The summed E-state index contributed by atoms with van der Waals surface area (Å²) in [5.41, 5.74) is 1.60. The molecule has 1 amide bonds. The topological polar surface area (TPSA) is 50.4 Å². The zero-order chi connectivity index (χ0) is 17.8. The van der Waals surface area contributed by atoms with E-state index in [0.717, 1.165) is 5.56 Å². The number of hydrogen-bond donors (Lipinski definition) is 2. The maximum atomic E-state index is 12.9. The van der Waals surface area contributed by atoms with E-state index in [4.69, 9.17) is 16.3 Å². The van der Waals surface area contributed by atoms with Crippen LogP contribution in [0, 0.1) is 5.92 Å². The van der Waals surface area contributed by atoms with Gasteiger partial charge in [0.2, 0.25) is 5.91 Å². The number of carbonyl (C=O) groups is 1. The molecule has 0 aromatic heterocycles. The minimum Gasteiger partial charge on any atom is -0.495 e. The van der Waals surface area contributed by atoms with Crippen LogP contribution in [0.1, 0.15) is 31.4 Å². The normalized spacial score (nSPS) is 16.1. The van der Waals surface area contributed by atoms with Gasteiger partial charge in [0.05, 0.1) is 12.1 Å². The fourth-order valence-corrected chi connectivity index (χ4v) is 3.18. The third-order valence-electron chi connectivity index (χ3n) is 4.57. The van der Waals surface area contributed by atoms with Gasteiger partial charge in [0, 0.05) is 11.7 Å². The molecule has 0 bridgehead atoms. The Balaban J connectivity index is 1.77.